The summed E-state index contributed by atoms with van der Waals surface area (Å²) < 4.78 is 25.7. The van der Waals surface area contributed by atoms with Crippen molar-refractivity contribution in [1.82, 2.24) is 15.2 Å². The molecule has 0 aliphatic heterocycles. The molecular formula is C105H98Cl3N4NaO13Si. The van der Waals surface area contributed by atoms with Crippen LogP contribution in [-0.4, -0.2) is 55.8 Å². The first-order valence-electron chi connectivity index (χ1n) is 41.7. The molecular weight excluding hydrogens is 1680 g/mol. The quantitative estimate of drug-likeness (QED) is 0.0260. The van der Waals surface area contributed by atoms with E-state index in [1.165, 1.54) is 33.4 Å². The van der Waals surface area contributed by atoms with Crippen molar-refractivity contribution < 1.29 is 92.0 Å². The number of anilines is 1. The van der Waals surface area contributed by atoms with Gasteiger partial charge in [-0.1, -0.05) is 348 Å². The number of allylic oxidation sites excluding steroid dienone is 2. The van der Waals surface area contributed by atoms with Crippen LogP contribution in [0.25, 0.3) is 78.1 Å². The van der Waals surface area contributed by atoms with E-state index >= 15 is 0 Å². The largest absolute Gasteiger partial charge is 1.00 e. The van der Waals surface area contributed by atoms with E-state index in [2.05, 4.69) is 169 Å². The van der Waals surface area contributed by atoms with Gasteiger partial charge in [-0.3, -0.25) is 16.0 Å². The van der Waals surface area contributed by atoms with Crippen molar-refractivity contribution in [1.29, 1.82) is 0 Å². The van der Waals surface area contributed by atoms with Crippen LogP contribution >= 0.6 is 34.8 Å². The smallest absolute Gasteiger partial charge is 0.550 e. The molecule has 0 radical (unpaired) electrons. The number of nitrogens with zero attached hydrogens (tertiary/aromatic N) is 1. The molecule has 3 N–H and O–H groups in total. The maximum Gasteiger partial charge on any atom is 1.00 e. The van der Waals surface area contributed by atoms with Crippen LogP contribution in [0.5, 0.6) is 0 Å². The van der Waals surface area contributed by atoms with Crippen LogP contribution in [0.2, 0.25) is 40.8 Å². The van der Waals surface area contributed by atoms with Gasteiger partial charge in [0.15, 0.2) is 0 Å². The number of aromatic nitrogens is 1. The van der Waals surface area contributed by atoms with Crippen LogP contribution in [0.15, 0.2) is 291 Å². The number of carbonyl (C=O) groups is 4. The van der Waals surface area contributed by atoms with Crippen LogP contribution in [0.3, 0.4) is 0 Å². The number of benzene rings is 12. The number of aliphatic carboxylic acids is 1. The Hall–Kier alpha value is -12.3. The topological polar surface area (TPSA) is 238 Å². The fraction of sp³-hybridized carbons (Fsp3) is 0.200. The van der Waals surface area contributed by atoms with Gasteiger partial charge in [-0.05, 0) is 147 Å². The van der Waals surface area contributed by atoms with Gasteiger partial charge in [-0.25, -0.2) is 14.4 Å². The van der Waals surface area contributed by atoms with E-state index < -0.39 is 50.6 Å². The van der Waals surface area contributed by atoms with Gasteiger partial charge in [-0.2, -0.15) is 19.2 Å². The van der Waals surface area contributed by atoms with Crippen LogP contribution < -0.4 is 50.6 Å². The molecule has 642 valence electrons. The van der Waals surface area contributed by atoms with Gasteiger partial charge in [0.1, 0.15) is 25.0 Å². The van der Waals surface area contributed by atoms with Gasteiger partial charge >= 0.3 is 60.1 Å². The average molecular weight is 1780 g/mol. The Morgan fingerprint density at radius 2 is 0.732 bits per heavy atom. The monoisotopic (exact) mass is 1780 g/mol. The molecule has 2 aliphatic carbocycles. The first-order chi connectivity index (χ1) is 60.9. The SMILES string of the molecule is CCCc1ccc(-c2ccc(-c3c(NC(=O)O[C@H](C)c4ccccc4Cl)c4ccccc4n3COCC[Si](C)(C)C)cc2)cc1.CCCc1ccc(-c2ccc(C3=C(NC(=O)O[C@H](C)c4ccccc4Cl)c4ccccc4C3)cc2)cc1.C[C@@H](OC(=O)NC1=C(c2ccc(-c3ccc(CC(=O)[O-])cc3)cc2)Cc2ccccc21)c1ccccc1Cl.O=C=O.O=C=O.[Na+]. The van der Waals surface area contributed by atoms with Crippen LogP contribution in [0.1, 0.15) is 133 Å². The maximum atomic E-state index is 13.4. The Balaban J connectivity index is 0.000000193. The molecule has 0 saturated carbocycles. The number of halogens is 3. The fourth-order valence-electron chi connectivity index (χ4n) is 15.2. The zero-order valence-corrected chi connectivity index (χ0v) is 77.7. The number of amides is 3. The van der Waals surface area contributed by atoms with Gasteiger partial charge < -0.3 is 33.4 Å². The molecule has 0 bridgehead atoms. The maximum absolute atomic E-state index is 13.4. The van der Waals surface area contributed by atoms with Crippen molar-refractivity contribution >= 4 is 119 Å². The molecule has 15 rings (SSSR count). The van der Waals surface area contributed by atoms with Crippen molar-refractivity contribution in [2.75, 3.05) is 11.9 Å². The molecule has 0 fully saturated rings. The Kier molecular flexibility index (Phi) is 36.1. The first-order valence-corrected chi connectivity index (χ1v) is 46.5. The number of alkyl carbamates (subject to hydrolysis) is 2. The summed E-state index contributed by atoms with van der Waals surface area (Å²) in [4.78, 5) is 82.7. The summed E-state index contributed by atoms with van der Waals surface area (Å²) in [5.41, 5.74) is 25.9. The van der Waals surface area contributed by atoms with Gasteiger partial charge in [0.05, 0.1) is 28.3 Å². The Morgan fingerprint density at radius 3 is 1.09 bits per heavy atom. The molecule has 3 amide bonds. The minimum absolute atomic E-state index is 0. The predicted molar refractivity (Wildman–Crippen MR) is 500 cm³/mol. The molecule has 0 saturated heterocycles. The molecule has 2 aliphatic rings. The molecule has 0 unspecified atom stereocenters. The number of fused-ring (bicyclic) bond motifs is 3. The minimum atomic E-state index is -1.26. The van der Waals surface area contributed by atoms with Gasteiger partial charge in [0.25, 0.3) is 0 Å². The van der Waals surface area contributed by atoms with Crippen molar-refractivity contribution in [3.05, 3.63) is 373 Å². The van der Waals surface area contributed by atoms with E-state index in [1.807, 2.05) is 159 Å². The van der Waals surface area contributed by atoms with Crippen molar-refractivity contribution in [3.8, 4) is 44.6 Å². The Morgan fingerprint density at radius 1 is 0.417 bits per heavy atom. The Bertz CT molecular complexity index is 6070. The van der Waals surface area contributed by atoms with Crippen molar-refractivity contribution in [2.24, 2.45) is 0 Å². The van der Waals surface area contributed by atoms with E-state index in [4.69, 9.17) is 72.9 Å². The third kappa shape index (κ3) is 26.4. The zero-order valence-electron chi connectivity index (χ0n) is 72.4. The molecule has 13 aromatic rings. The van der Waals surface area contributed by atoms with E-state index in [-0.39, 0.29) is 48.3 Å². The van der Waals surface area contributed by atoms with Gasteiger partial charge in [0, 0.05) is 93.7 Å². The standard InChI is InChI=1S/C38H43ClN2O3Si.C33H30ClNO2.C32H26ClNO4.2CO2.Na/c1-6-11-28-16-18-29(19-17-28)30-20-22-31(23-21-30)37-36(40-38(42)44-27(2)32-12-7-9-14-34(32)39)33-13-8-10-15-35(33)41(37)26-43-24-25-45(3,4)5;1-3-8-23-13-15-24(16-14-23)25-17-19-26(20-18-25)30-21-27-9-4-5-11-29(27)32(30)35-33(36)37-22(2)28-10-6-7-12-31(28)34;1-20(26-7-4-5-9-29(26)33)38-32(37)34-31-27-8-3-2-6-25(27)19-28(31)24-16-14-23(15-17-24)22-12-10-21(11-13-22)18-30(35)36;2*2-1-3;/h7-10,12-23,27H,6,11,24-26H2,1-5H3,(H,40,42);4-7,9-20,22H,3,8,21H2,1-2H3,(H,35,36);2-17,20H,18-19H2,1H3,(H,34,37)(H,35,36);;;/q;;;;;+1/p-1/t27-;22-;20-;;;/m111.../s1. The number of carbonyl (C=O) groups excluding carboxylic acids is 8. The Labute approximate surface area is 779 Å². The summed E-state index contributed by atoms with van der Waals surface area (Å²) in [5.74, 6) is -1.10. The molecule has 127 heavy (non-hydrogen) atoms. The van der Waals surface area contributed by atoms with Crippen LogP contribution in [0, 0.1) is 0 Å². The number of ether oxygens (including phenoxy) is 4. The third-order valence-electron chi connectivity index (χ3n) is 21.6. The number of hydrogen-bond donors (Lipinski definition) is 3. The van der Waals surface area contributed by atoms with Crippen molar-refractivity contribution in [2.45, 2.75) is 130 Å². The summed E-state index contributed by atoms with van der Waals surface area (Å²) in [6.45, 7) is 18.0. The molecule has 3 atom stereocenters. The van der Waals surface area contributed by atoms with E-state index in [9.17, 15) is 24.3 Å². The molecule has 1 aromatic heterocycles. The van der Waals surface area contributed by atoms with Gasteiger partial charge in [-0.15, -0.1) is 0 Å². The second-order valence-corrected chi connectivity index (χ2v) is 38.4. The number of hydrogen-bond acceptors (Lipinski definition) is 13. The molecule has 22 heteroatoms. The zero-order chi connectivity index (χ0) is 89.8. The van der Waals surface area contributed by atoms with Crippen molar-refractivity contribution in [3.63, 3.8) is 0 Å². The third-order valence-corrected chi connectivity index (χ3v) is 24.3. The second-order valence-electron chi connectivity index (χ2n) is 31.5. The molecule has 17 nitrogen and oxygen atoms in total. The molecule has 0 spiro atoms. The first kappa shape index (κ1) is 97.0. The van der Waals surface area contributed by atoms with E-state index in [0.29, 0.717) is 46.1 Å². The summed E-state index contributed by atoms with van der Waals surface area (Å²) in [6, 6.07) is 97.6. The average Bonchev–Trinajstić information content (AvgIpc) is 1.77. The predicted octanol–water partition coefficient (Wildman–Crippen LogP) is 22.1. The number of para-hydroxylation sites is 1. The van der Waals surface area contributed by atoms with Crippen LogP contribution in [0.4, 0.5) is 20.1 Å². The summed E-state index contributed by atoms with van der Waals surface area (Å²) in [7, 11) is -1.26. The second kappa shape index (κ2) is 47.4. The van der Waals surface area contributed by atoms with E-state index in [0.717, 1.165) is 144 Å². The van der Waals surface area contributed by atoms with Crippen LogP contribution in [-0.2, 0) is 81.8 Å². The number of carboxylic acids is 1. The fourth-order valence-corrected chi connectivity index (χ4v) is 16.8. The minimum Gasteiger partial charge on any atom is -0.550 e. The normalized spacial score (nSPS) is 12.3. The summed E-state index contributed by atoms with van der Waals surface area (Å²) >= 11 is 19.0. The number of nitrogens with one attached hydrogen (secondary N) is 3. The number of rotatable bonds is 26. The summed E-state index contributed by atoms with van der Waals surface area (Å²) in [6.07, 6.45) is 3.18. The number of carboxylic acid groups (broad SMARTS) is 1. The number of aryl methyl sites for hydroxylation is 2. The van der Waals surface area contributed by atoms with E-state index in [1.54, 1.807) is 37.3 Å². The summed E-state index contributed by atoms with van der Waals surface area (Å²) in [5, 5.41) is 22.6. The van der Waals surface area contributed by atoms with Gasteiger partial charge in [0.2, 0.25) is 0 Å². The molecule has 1 heterocycles. The molecule has 12 aromatic carbocycles.